The second-order valence-electron chi connectivity index (χ2n) is 17.8. The Morgan fingerprint density at radius 2 is 1.57 bits per heavy atom. The number of alkyl carbamates (subject to hydrolysis) is 2. The summed E-state index contributed by atoms with van der Waals surface area (Å²) in [4.78, 5) is 73.1. The Hall–Kier alpha value is -6.16. The number of amides is 4. The van der Waals surface area contributed by atoms with Crippen molar-refractivity contribution in [1.29, 1.82) is 0 Å². The first-order valence-corrected chi connectivity index (χ1v) is 21.9. The molecule has 3 unspecified atom stereocenters. The molecule has 2 fully saturated rings. The zero-order valence-electron chi connectivity index (χ0n) is 37.2. The van der Waals surface area contributed by atoms with Crippen molar-refractivity contribution >= 4 is 45.8 Å². The summed E-state index contributed by atoms with van der Waals surface area (Å²) >= 11 is 0. The highest BCUT2D eigenvalue weighted by Crippen LogP contribution is 2.44. The average molecular weight is 863 g/mol. The number of rotatable bonds is 12. The molecule has 0 spiro atoms. The van der Waals surface area contributed by atoms with Crippen LogP contribution in [0.1, 0.15) is 83.2 Å². The number of methoxy groups -OCH3 is 3. The smallest absolute Gasteiger partial charge is 0.407 e. The minimum atomic E-state index is -0.762. The molecule has 63 heavy (non-hydrogen) atoms. The van der Waals surface area contributed by atoms with E-state index in [1.54, 1.807) is 7.11 Å². The van der Waals surface area contributed by atoms with Gasteiger partial charge in [-0.2, -0.15) is 0 Å². The molecule has 7 atom stereocenters. The van der Waals surface area contributed by atoms with E-state index in [0.29, 0.717) is 44.4 Å². The number of hydrogen-bond donors (Lipinski definition) is 4. The maximum Gasteiger partial charge on any atom is 0.407 e. The van der Waals surface area contributed by atoms with E-state index < -0.39 is 24.3 Å². The highest BCUT2D eigenvalue weighted by atomic mass is 16.5. The van der Waals surface area contributed by atoms with Crippen molar-refractivity contribution in [3.63, 3.8) is 0 Å². The number of nitrogens with zero attached hydrogens (tertiary/aromatic N) is 4. The van der Waals surface area contributed by atoms with Gasteiger partial charge < -0.3 is 49.3 Å². The first-order valence-electron chi connectivity index (χ1n) is 21.9. The fourth-order valence-corrected chi connectivity index (χ4v) is 9.54. The van der Waals surface area contributed by atoms with Gasteiger partial charge in [-0.1, -0.05) is 59.2 Å². The van der Waals surface area contributed by atoms with Crippen LogP contribution in [-0.4, -0.2) is 107 Å². The van der Waals surface area contributed by atoms with Crippen LogP contribution >= 0.6 is 0 Å². The molecule has 0 bridgehead atoms. The Bertz CT molecular complexity index is 2530. The van der Waals surface area contributed by atoms with E-state index in [4.69, 9.17) is 28.9 Å². The normalized spacial score (nSPS) is 20.8. The maximum atomic E-state index is 14.1. The Kier molecular flexibility index (Phi) is 12.4. The van der Waals surface area contributed by atoms with Gasteiger partial charge >= 0.3 is 12.2 Å². The first-order chi connectivity index (χ1) is 30.3. The second-order valence-corrected chi connectivity index (χ2v) is 17.8. The molecule has 0 aliphatic carbocycles. The molecule has 0 radical (unpaired) electrons. The van der Waals surface area contributed by atoms with Crippen LogP contribution in [0, 0.1) is 23.7 Å². The molecule has 4 N–H and O–H groups in total. The summed E-state index contributed by atoms with van der Waals surface area (Å²) in [5.41, 5.74) is 6.51. The lowest BCUT2D eigenvalue weighted by atomic mass is 9.92. The van der Waals surface area contributed by atoms with Gasteiger partial charge in [-0.25, -0.2) is 19.6 Å². The average Bonchev–Trinajstić information content (AvgIpc) is 4.11. The molecule has 8 rings (SSSR count). The topological polar surface area (TPSA) is 193 Å². The van der Waals surface area contributed by atoms with E-state index in [1.165, 1.54) is 14.2 Å². The molecule has 3 aliphatic heterocycles. The summed E-state index contributed by atoms with van der Waals surface area (Å²) in [6.07, 6.45) is 2.67. The van der Waals surface area contributed by atoms with Crippen LogP contribution in [0.2, 0.25) is 0 Å². The van der Waals surface area contributed by atoms with Crippen LogP contribution in [0.5, 0.6) is 5.75 Å². The van der Waals surface area contributed by atoms with E-state index in [9.17, 15) is 19.2 Å². The van der Waals surface area contributed by atoms with Crippen molar-refractivity contribution in [3.05, 3.63) is 65.9 Å². The Morgan fingerprint density at radius 1 is 0.857 bits per heavy atom. The van der Waals surface area contributed by atoms with Gasteiger partial charge in [0.15, 0.2) is 0 Å². The van der Waals surface area contributed by atoms with Gasteiger partial charge in [0.1, 0.15) is 36.1 Å². The summed E-state index contributed by atoms with van der Waals surface area (Å²) in [6, 6.07) is 12.5. The summed E-state index contributed by atoms with van der Waals surface area (Å²) in [5, 5.41) is 7.43. The van der Waals surface area contributed by atoms with Gasteiger partial charge in [-0.3, -0.25) is 9.59 Å². The van der Waals surface area contributed by atoms with E-state index in [0.717, 1.165) is 68.3 Å². The molecule has 3 aromatic carbocycles. The van der Waals surface area contributed by atoms with E-state index >= 15 is 0 Å². The zero-order valence-corrected chi connectivity index (χ0v) is 37.2. The number of imidazole rings is 2. The Labute approximate surface area is 366 Å². The summed E-state index contributed by atoms with van der Waals surface area (Å²) in [7, 11) is 4.25. The van der Waals surface area contributed by atoms with E-state index in [2.05, 4.69) is 63.9 Å². The highest BCUT2D eigenvalue weighted by molar-refractivity contribution is 6.07. The zero-order chi connectivity index (χ0) is 44.7. The van der Waals surface area contributed by atoms with Crippen LogP contribution in [0.15, 0.2) is 48.7 Å². The third-order valence-electron chi connectivity index (χ3n) is 13.1. The number of nitrogens with one attached hydrogen (secondary N) is 4. The van der Waals surface area contributed by atoms with E-state index in [1.807, 2.05) is 49.8 Å². The molecule has 16 nitrogen and oxygen atoms in total. The second kappa shape index (κ2) is 17.9. The lowest BCUT2D eigenvalue weighted by Gasteiger charge is -2.30. The Morgan fingerprint density at radius 3 is 2.29 bits per heavy atom. The number of carbonyl (C=O) groups is 4. The fourth-order valence-electron chi connectivity index (χ4n) is 9.54. The molecule has 2 aromatic heterocycles. The number of fused-ring (bicyclic) bond motifs is 6. The standard InChI is InChI=1S/C47H58N8O8/c1-9-26(5)40(53-47(59)62-8)45(57)54-20-25(4)14-36(54)42-48-19-35(50-42)29-10-12-31-30(16-29)23-63-38-18-32-28(17-33(31)38)11-13-34-41(32)51-43(49-34)37-15-27(22-60-6)21-55(37)44(56)39(24(2)3)52-46(58)61-7/h10-13,16-19,24-27,36-37,39-40H,9,14-15,20-23H2,1-8H3,(H,48,50)(H,49,51)(H,52,58)(H,53,59)/t25-,26?,27-,36?,37-,39-,40?/m0/s1. The number of hydrogen-bond acceptors (Lipinski definition) is 10. The minimum absolute atomic E-state index is 0.0791. The van der Waals surface area contributed by atoms with Gasteiger partial charge in [-0.05, 0) is 76.9 Å². The lowest BCUT2D eigenvalue weighted by Crippen LogP contribution is -2.51. The SMILES string of the molecule is CCC(C)C(NC(=O)OC)C(=O)N1C[C@@H](C)CC1c1ncc(-c2ccc3c(c2)COc2cc4c(ccc5[nH]c([C@@H]6C[C@H](COC)CN6C(=O)[C@@H](NC(=O)OC)C(C)C)nc54)cc2-3)[nH]1. The van der Waals surface area contributed by atoms with Gasteiger partial charge in [0.25, 0.3) is 0 Å². The number of ether oxygens (including phenoxy) is 4. The number of benzene rings is 3. The quantitative estimate of drug-likeness (QED) is 0.0992. The molecular formula is C47H58N8O8. The van der Waals surface area contributed by atoms with Gasteiger partial charge in [-0.15, -0.1) is 0 Å². The molecule has 4 amide bonds. The highest BCUT2D eigenvalue weighted by Gasteiger charge is 2.43. The van der Waals surface area contributed by atoms with Crippen molar-refractivity contribution in [2.75, 3.05) is 41.0 Å². The van der Waals surface area contributed by atoms with E-state index in [-0.39, 0.29) is 47.6 Å². The van der Waals surface area contributed by atoms with Crippen LogP contribution in [0.25, 0.3) is 44.2 Å². The van der Waals surface area contributed by atoms with Crippen molar-refractivity contribution in [2.45, 2.75) is 84.7 Å². The van der Waals surface area contributed by atoms with Crippen LogP contribution in [0.3, 0.4) is 0 Å². The van der Waals surface area contributed by atoms with Crippen molar-refractivity contribution in [2.24, 2.45) is 23.7 Å². The van der Waals surface area contributed by atoms with Gasteiger partial charge in [0.2, 0.25) is 11.8 Å². The number of aromatic amines is 2. The number of H-pyrrole nitrogens is 2. The largest absolute Gasteiger partial charge is 0.488 e. The fraction of sp³-hybridized carbons (Fsp3) is 0.489. The third-order valence-corrected chi connectivity index (χ3v) is 13.1. The molecule has 3 aliphatic rings. The molecule has 0 saturated carbocycles. The molecule has 2 saturated heterocycles. The van der Waals surface area contributed by atoms with Crippen LogP contribution in [-0.2, 0) is 30.4 Å². The number of carbonyl (C=O) groups excluding carboxylic acids is 4. The third kappa shape index (κ3) is 8.40. The molecule has 16 heteroatoms. The predicted octanol–water partition coefficient (Wildman–Crippen LogP) is 7.26. The summed E-state index contributed by atoms with van der Waals surface area (Å²) in [6.45, 7) is 11.8. The van der Waals surface area contributed by atoms with Crippen molar-refractivity contribution in [3.8, 4) is 28.1 Å². The maximum absolute atomic E-state index is 14.1. The van der Waals surface area contributed by atoms with Crippen LogP contribution < -0.4 is 15.4 Å². The minimum Gasteiger partial charge on any atom is -0.488 e. The van der Waals surface area contributed by atoms with Gasteiger partial charge in [0, 0.05) is 37.1 Å². The number of likely N-dealkylation sites (tertiary alicyclic amines) is 2. The monoisotopic (exact) mass is 862 g/mol. The summed E-state index contributed by atoms with van der Waals surface area (Å²) in [5.74, 6) is 1.93. The number of aromatic nitrogens is 4. The molecule has 5 heterocycles. The van der Waals surface area contributed by atoms with Gasteiger partial charge in [0.05, 0.1) is 55.8 Å². The van der Waals surface area contributed by atoms with Crippen molar-refractivity contribution in [1.82, 2.24) is 40.4 Å². The predicted molar refractivity (Wildman–Crippen MR) is 237 cm³/mol. The molecule has 334 valence electrons. The lowest BCUT2D eigenvalue weighted by molar-refractivity contribution is -0.136. The molecule has 5 aromatic rings. The van der Waals surface area contributed by atoms with Crippen molar-refractivity contribution < 1.29 is 38.1 Å². The van der Waals surface area contributed by atoms with Crippen LogP contribution in [0.4, 0.5) is 9.59 Å². The summed E-state index contributed by atoms with van der Waals surface area (Å²) < 4.78 is 21.6. The first kappa shape index (κ1) is 43.5. The molecular weight excluding hydrogens is 805 g/mol. The Balaban J connectivity index is 1.05.